The topological polar surface area (TPSA) is 55.6 Å². The van der Waals surface area contributed by atoms with E-state index in [9.17, 15) is 4.79 Å². The van der Waals surface area contributed by atoms with Gasteiger partial charge in [-0.1, -0.05) is 13.8 Å². The molecule has 1 rings (SSSR count). The molecule has 84 valence electrons. The van der Waals surface area contributed by atoms with E-state index >= 15 is 0 Å². The minimum Gasteiger partial charge on any atom is -0.443 e. The molecule has 0 aromatic carbocycles. The third-order valence-electron chi connectivity index (χ3n) is 2.19. The number of rotatable bonds is 4. The lowest BCUT2D eigenvalue weighted by molar-refractivity contribution is 0.134. The summed E-state index contributed by atoms with van der Waals surface area (Å²) in [5.41, 5.74) is 5.41. The molecule has 0 aromatic rings. The average molecular weight is 223 g/mol. The Bertz CT molecular complexity index is 188. The van der Waals surface area contributed by atoms with Crippen LogP contribution in [-0.4, -0.2) is 36.7 Å². The van der Waals surface area contributed by atoms with Gasteiger partial charge < -0.3 is 15.4 Å². The molecule has 1 amide bonds. The summed E-state index contributed by atoms with van der Waals surface area (Å²) in [7, 11) is 0. The van der Waals surface area contributed by atoms with Gasteiger partial charge in [0.2, 0.25) is 0 Å². The van der Waals surface area contributed by atoms with E-state index in [0.717, 1.165) is 13.0 Å². The highest BCUT2D eigenvalue weighted by molar-refractivity contribution is 5.85. The Morgan fingerprint density at radius 2 is 2.29 bits per heavy atom. The number of carbonyl (C=O) groups is 1. The van der Waals surface area contributed by atoms with Crippen molar-refractivity contribution in [1.29, 1.82) is 0 Å². The first-order chi connectivity index (χ1) is 6.13. The maximum absolute atomic E-state index is 11.2. The SMILES string of the molecule is CC(C)CCN1CC(CN)OC1=O.Cl. The summed E-state index contributed by atoms with van der Waals surface area (Å²) < 4.78 is 5.02. The maximum Gasteiger partial charge on any atom is 0.410 e. The van der Waals surface area contributed by atoms with Crippen LogP contribution in [0.3, 0.4) is 0 Å². The standard InChI is InChI=1S/C9H18N2O2.ClH/c1-7(2)3-4-11-6-8(5-10)13-9(11)12;/h7-8H,3-6,10H2,1-2H3;1H. The van der Waals surface area contributed by atoms with E-state index in [1.54, 1.807) is 4.90 Å². The first-order valence-electron chi connectivity index (χ1n) is 4.79. The molecule has 1 saturated heterocycles. The predicted molar refractivity (Wildman–Crippen MR) is 57.6 cm³/mol. The van der Waals surface area contributed by atoms with Gasteiger partial charge in [-0.05, 0) is 12.3 Å². The smallest absolute Gasteiger partial charge is 0.410 e. The average Bonchev–Trinajstić information content (AvgIpc) is 2.43. The Morgan fingerprint density at radius 1 is 1.64 bits per heavy atom. The van der Waals surface area contributed by atoms with Crippen molar-refractivity contribution < 1.29 is 9.53 Å². The number of halogens is 1. The van der Waals surface area contributed by atoms with E-state index in [4.69, 9.17) is 10.5 Å². The molecule has 0 spiro atoms. The zero-order valence-electron chi connectivity index (χ0n) is 8.73. The van der Waals surface area contributed by atoms with Crippen LogP contribution in [0.1, 0.15) is 20.3 Å². The van der Waals surface area contributed by atoms with Crippen LogP contribution in [0.5, 0.6) is 0 Å². The molecule has 2 N–H and O–H groups in total. The van der Waals surface area contributed by atoms with Crippen molar-refractivity contribution in [2.45, 2.75) is 26.4 Å². The van der Waals surface area contributed by atoms with Crippen LogP contribution in [0.25, 0.3) is 0 Å². The van der Waals surface area contributed by atoms with Gasteiger partial charge in [0.25, 0.3) is 0 Å². The van der Waals surface area contributed by atoms with Crippen molar-refractivity contribution in [2.75, 3.05) is 19.6 Å². The Morgan fingerprint density at radius 3 is 2.71 bits per heavy atom. The van der Waals surface area contributed by atoms with Crippen molar-refractivity contribution in [2.24, 2.45) is 11.7 Å². The number of cyclic esters (lactones) is 1. The fourth-order valence-electron chi connectivity index (χ4n) is 1.29. The number of hydrogen-bond acceptors (Lipinski definition) is 3. The zero-order chi connectivity index (χ0) is 9.84. The lowest BCUT2D eigenvalue weighted by atomic mass is 10.1. The molecule has 4 nitrogen and oxygen atoms in total. The first kappa shape index (κ1) is 13.5. The van der Waals surface area contributed by atoms with Crippen LogP contribution >= 0.6 is 12.4 Å². The zero-order valence-corrected chi connectivity index (χ0v) is 9.55. The Hall–Kier alpha value is -0.480. The van der Waals surface area contributed by atoms with Gasteiger partial charge in [-0.2, -0.15) is 0 Å². The van der Waals surface area contributed by atoms with Crippen molar-refractivity contribution in [3.05, 3.63) is 0 Å². The van der Waals surface area contributed by atoms with E-state index in [0.29, 0.717) is 19.0 Å². The fourth-order valence-corrected chi connectivity index (χ4v) is 1.29. The molecule has 1 aliphatic rings. The lowest BCUT2D eigenvalue weighted by Gasteiger charge is -2.13. The van der Waals surface area contributed by atoms with E-state index < -0.39 is 0 Å². The number of nitrogens with zero attached hydrogens (tertiary/aromatic N) is 1. The molecule has 14 heavy (non-hydrogen) atoms. The molecule has 1 aliphatic heterocycles. The van der Waals surface area contributed by atoms with E-state index in [1.807, 2.05) is 0 Å². The van der Waals surface area contributed by atoms with Gasteiger partial charge in [0.1, 0.15) is 6.10 Å². The predicted octanol–water partition coefficient (Wildman–Crippen LogP) is 1.23. The highest BCUT2D eigenvalue weighted by Gasteiger charge is 2.29. The maximum atomic E-state index is 11.2. The molecular formula is C9H19ClN2O2. The van der Waals surface area contributed by atoms with Gasteiger partial charge in [-0.3, -0.25) is 0 Å². The number of hydrogen-bond donors (Lipinski definition) is 1. The minimum absolute atomic E-state index is 0. The molecule has 1 atom stereocenters. The molecular weight excluding hydrogens is 204 g/mol. The molecule has 0 aliphatic carbocycles. The van der Waals surface area contributed by atoms with Gasteiger partial charge >= 0.3 is 6.09 Å². The Labute approximate surface area is 91.2 Å². The summed E-state index contributed by atoms with van der Waals surface area (Å²) in [6, 6.07) is 0. The summed E-state index contributed by atoms with van der Waals surface area (Å²) in [5.74, 6) is 0.615. The van der Waals surface area contributed by atoms with Gasteiger partial charge in [-0.25, -0.2) is 4.79 Å². The van der Waals surface area contributed by atoms with E-state index in [-0.39, 0.29) is 24.6 Å². The van der Waals surface area contributed by atoms with Crippen LogP contribution < -0.4 is 5.73 Å². The largest absolute Gasteiger partial charge is 0.443 e. The summed E-state index contributed by atoms with van der Waals surface area (Å²) in [4.78, 5) is 12.9. The molecule has 5 heteroatoms. The number of ether oxygens (including phenoxy) is 1. The van der Waals surface area contributed by atoms with Crippen LogP contribution in [0.4, 0.5) is 4.79 Å². The monoisotopic (exact) mass is 222 g/mol. The molecule has 1 unspecified atom stereocenters. The first-order valence-corrected chi connectivity index (χ1v) is 4.79. The molecule has 0 saturated carbocycles. The van der Waals surface area contributed by atoms with Crippen LogP contribution in [0.15, 0.2) is 0 Å². The second kappa shape index (κ2) is 6.09. The third-order valence-corrected chi connectivity index (χ3v) is 2.19. The summed E-state index contributed by atoms with van der Waals surface area (Å²) in [5, 5.41) is 0. The fraction of sp³-hybridized carbons (Fsp3) is 0.889. The minimum atomic E-state index is -0.212. The molecule has 1 fully saturated rings. The Kier molecular flexibility index (Phi) is 5.88. The number of carbonyl (C=O) groups excluding carboxylic acids is 1. The van der Waals surface area contributed by atoms with Gasteiger partial charge in [0.05, 0.1) is 6.54 Å². The molecule has 0 aromatic heterocycles. The molecule has 0 radical (unpaired) electrons. The summed E-state index contributed by atoms with van der Waals surface area (Å²) >= 11 is 0. The molecule has 0 bridgehead atoms. The van der Waals surface area contributed by atoms with Crippen molar-refractivity contribution in [3.63, 3.8) is 0 Å². The van der Waals surface area contributed by atoms with Crippen molar-refractivity contribution in [3.8, 4) is 0 Å². The van der Waals surface area contributed by atoms with Gasteiger partial charge in [0.15, 0.2) is 0 Å². The van der Waals surface area contributed by atoms with E-state index in [1.165, 1.54) is 0 Å². The molecule has 1 heterocycles. The van der Waals surface area contributed by atoms with Crippen LogP contribution in [0, 0.1) is 5.92 Å². The van der Waals surface area contributed by atoms with Crippen molar-refractivity contribution >= 4 is 18.5 Å². The highest BCUT2D eigenvalue weighted by atomic mass is 35.5. The quantitative estimate of drug-likeness (QED) is 0.779. The number of nitrogens with two attached hydrogens (primary N) is 1. The highest BCUT2D eigenvalue weighted by Crippen LogP contribution is 2.12. The lowest BCUT2D eigenvalue weighted by Crippen LogP contribution is -2.29. The van der Waals surface area contributed by atoms with Gasteiger partial charge in [0, 0.05) is 13.1 Å². The Balaban J connectivity index is 0.00000169. The van der Waals surface area contributed by atoms with Crippen LogP contribution in [0.2, 0.25) is 0 Å². The van der Waals surface area contributed by atoms with Crippen molar-refractivity contribution in [1.82, 2.24) is 4.90 Å². The second-order valence-electron chi connectivity index (χ2n) is 3.87. The normalized spacial score (nSPS) is 21.0. The van der Waals surface area contributed by atoms with Crippen LogP contribution in [-0.2, 0) is 4.74 Å². The summed E-state index contributed by atoms with van der Waals surface area (Å²) in [6.45, 7) is 6.14. The summed E-state index contributed by atoms with van der Waals surface area (Å²) in [6.07, 6.45) is 0.711. The second-order valence-corrected chi connectivity index (χ2v) is 3.87. The van der Waals surface area contributed by atoms with Gasteiger partial charge in [-0.15, -0.1) is 12.4 Å². The number of amides is 1. The third kappa shape index (κ3) is 3.72. The van der Waals surface area contributed by atoms with E-state index in [2.05, 4.69) is 13.8 Å².